The van der Waals surface area contributed by atoms with Gasteiger partial charge in [0, 0.05) is 31.9 Å². The Kier molecular flexibility index (Phi) is 13.1. The van der Waals surface area contributed by atoms with Crippen molar-refractivity contribution in [3.63, 3.8) is 0 Å². The Balaban J connectivity index is 0.000000326. The topological polar surface area (TPSA) is 15.3 Å². The Hall–Kier alpha value is -1.28. The van der Waals surface area contributed by atoms with E-state index in [0.717, 1.165) is 26.2 Å². The maximum Gasteiger partial charge on any atom is 0.0367 e. The summed E-state index contributed by atoms with van der Waals surface area (Å²) in [7, 11) is 0. The number of hydrogen-bond acceptors (Lipinski definition) is 2. The van der Waals surface area contributed by atoms with Crippen LogP contribution in [-0.4, -0.2) is 26.2 Å². The van der Waals surface area contributed by atoms with E-state index in [2.05, 4.69) is 53.6 Å². The molecule has 1 fully saturated rings. The summed E-state index contributed by atoms with van der Waals surface area (Å²) in [5.41, 5.74) is 2.86. The number of nitrogens with zero attached hydrogens (tertiary/aromatic N) is 1. The lowest BCUT2D eigenvalue weighted by molar-refractivity contribution is 0.589. The summed E-state index contributed by atoms with van der Waals surface area (Å²) in [5.74, 6) is 0. The van der Waals surface area contributed by atoms with Gasteiger partial charge in [0.25, 0.3) is 0 Å². The van der Waals surface area contributed by atoms with Gasteiger partial charge in [-0.2, -0.15) is 0 Å². The van der Waals surface area contributed by atoms with Gasteiger partial charge >= 0.3 is 0 Å². The highest BCUT2D eigenvalue weighted by atomic mass is 15.2. The third kappa shape index (κ3) is 9.69. The molecule has 0 radical (unpaired) electrons. The van der Waals surface area contributed by atoms with E-state index in [-0.39, 0.29) is 0 Å². The zero-order valence-corrected chi connectivity index (χ0v) is 16.9. The van der Waals surface area contributed by atoms with Crippen molar-refractivity contribution in [2.24, 2.45) is 0 Å². The quantitative estimate of drug-likeness (QED) is 0.523. The monoisotopic (exact) mass is 344 g/mol. The molecule has 1 aliphatic heterocycles. The standard InChI is InChI=1S/C15H24N2.C6H10.C2H6/c1-2-3-4-5-14-6-8-15(9-7-14)17-12-10-16-11-13-17;1-2-4-6-5-3-1;1-2/h6-9,16H,2-5,10-13H2,1H3;1-2H,3-6H2;1-2H3. The van der Waals surface area contributed by atoms with Crippen LogP contribution in [0.5, 0.6) is 0 Å². The molecule has 0 saturated carbocycles. The van der Waals surface area contributed by atoms with Crippen LogP contribution in [-0.2, 0) is 6.42 Å². The maximum atomic E-state index is 3.39. The molecule has 1 aromatic carbocycles. The predicted octanol–water partition coefficient (Wildman–Crippen LogP) is 5.97. The molecule has 0 amide bonds. The normalized spacial score (nSPS) is 16.4. The molecular formula is C23H40N2. The largest absolute Gasteiger partial charge is 0.369 e. The molecule has 0 atom stereocenters. The lowest BCUT2D eigenvalue weighted by atomic mass is 10.1. The van der Waals surface area contributed by atoms with Gasteiger partial charge in [0.15, 0.2) is 0 Å². The molecule has 2 heteroatoms. The Bertz CT molecular complexity index is 422. The highest BCUT2D eigenvalue weighted by Gasteiger charge is 2.09. The van der Waals surface area contributed by atoms with Crippen LogP contribution in [0, 0.1) is 0 Å². The first-order valence-electron chi connectivity index (χ1n) is 10.6. The minimum atomic E-state index is 1.11. The number of anilines is 1. The fraction of sp³-hybridized carbons (Fsp3) is 0.652. The minimum Gasteiger partial charge on any atom is -0.369 e. The van der Waals surface area contributed by atoms with E-state index in [4.69, 9.17) is 0 Å². The number of allylic oxidation sites excluding steroid dienone is 2. The molecule has 1 heterocycles. The van der Waals surface area contributed by atoms with Crippen molar-refractivity contribution in [1.82, 2.24) is 5.32 Å². The molecule has 1 saturated heterocycles. The van der Waals surface area contributed by atoms with Gasteiger partial charge in [-0.15, -0.1) is 0 Å². The van der Waals surface area contributed by atoms with E-state index in [9.17, 15) is 0 Å². The van der Waals surface area contributed by atoms with Crippen molar-refractivity contribution in [3.05, 3.63) is 42.0 Å². The Labute approximate surface area is 156 Å². The second kappa shape index (κ2) is 15.0. The lowest BCUT2D eigenvalue weighted by Gasteiger charge is -2.29. The second-order valence-corrected chi connectivity index (χ2v) is 6.62. The molecule has 0 bridgehead atoms. The van der Waals surface area contributed by atoms with Crippen LogP contribution in [0.15, 0.2) is 36.4 Å². The number of aryl methyl sites for hydroxylation is 1. The number of piperazine rings is 1. The first-order chi connectivity index (χ1) is 12.4. The van der Waals surface area contributed by atoms with E-state index < -0.39 is 0 Å². The first kappa shape index (κ1) is 21.8. The number of nitrogens with one attached hydrogen (secondary N) is 1. The summed E-state index contributed by atoms with van der Waals surface area (Å²) in [4.78, 5) is 2.46. The van der Waals surface area contributed by atoms with Gasteiger partial charge in [-0.3, -0.25) is 0 Å². The molecular weight excluding hydrogens is 304 g/mol. The molecule has 142 valence electrons. The van der Waals surface area contributed by atoms with Crippen LogP contribution in [0.25, 0.3) is 0 Å². The van der Waals surface area contributed by atoms with Crippen LogP contribution >= 0.6 is 0 Å². The van der Waals surface area contributed by atoms with Gasteiger partial charge < -0.3 is 10.2 Å². The SMILES string of the molecule is C1=CCCCC1.CC.CCCCCc1ccc(N2CCNCC2)cc1. The Morgan fingerprint density at radius 2 is 1.48 bits per heavy atom. The first-order valence-corrected chi connectivity index (χ1v) is 10.6. The smallest absolute Gasteiger partial charge is 0.0367 e. The van der Waals surface area contributed by atoms with E-state index in [1.54, 1.807) is 0 Å². The zero-order chi connectivity index (χ0) is 18.2. The van der Waals surface area contributed by atoms with Crippen LogP contribution in [0.1, 0.15) is 71.3 Å². The highest BCUT2D eigenvalue weighted by molar-refractivity contribution is 5.48. The van der Waals surface area contributed by atoms with Crippen LogP contribution < -0.4 is 10.2 Å². The van der Waals surface area contributed by atoms with Crippen molar-refractivity contribution in [1.29, 1.82) is 0 Å². The number of unbranched alkanes of at least 4 members (excludes halogenated alkanes) is 2. The molecule has 2 aliphatic rings. The van der Waals surface area contributed by atoms with Crippen molar-refractivity contribution in [2.45, 2.75) is 72.1 Å². The minimum absolute atomic E-state index is 1.11. The summed E-state index contributed by atoms with van der Waals surface area (Å²) in [6.45, 7) is 10.7. The highest BCUT2D eigenvalue weighted by Crippen LogP contribution is 2.17. The number of rotatable bonds is 5. The second-order valence-electron chi connectivity index (χ2n) is 6.62. The van der Waals surface area contributed by atoms with Gasteiger partial charge in [0.05, 0.1) is 0 Å². The molecule has 0 spiro atoms. The Morgan fingerprint density at radius 3 is 1.96 bits per heavy atom. The van der Waals surface area contributed by atoms with Gasteiger partial charge in [0.1, 0.15) is 0 Å². The molecule has 1 N–H and O–H groups in total. The van der Waals surface area contributed by atoms with Gasteiger partial charge in [-0.1, -0.05) is 57.9 Å². The average Bonchev–Trinajstić information content (AvgIpc) is 2.73. The lowest BCUT2D eigenvalue weighted by Crippen LogP contribution is -2.43. The number of benzene rings is 1. The summed E-state index contributed by atoms with van der Waals surface area (Å²) >= 11 is 0. The van der Waals surface area contributed by atoms with Gasteiger partial charge in [-0.25, -0.2) is 0 Å². The molecule has 1 aliphatic carbocycles. The van der Waals surface area contributed by atoms with E-state index in [1.165, 1.54) is 62.6 Å². The van der Waals surface area contributed by atoms with Crippen LogP contribution in [0.3, 0.4) is 0 Å². The predicted molar refractivity (Wildman–Crippen MR) is 114 cm³/mol. The van der Waals surface area contributed by atoms with Crippen molar-refractivity contribution in [3.8, 4) is 0 Å². The zero-order valence-electron chi connectivity index (χ0n) is 16.9. The summed E-state index contributed by atoms with van der Waals surface area (Å²) in [5, 5.41) is 3.39. The summed E-state index contributed by atoms with van der Waals surface area (Å²) < 4.78 is 0. The summed E-state index contributed by atoms with van der Waals surface area (Å²) in [6, 6.07) is 9.17. The molecule has 2 nitrogen and oxygen atoms in total. The number of hydrogen-bond donors (Lipinski definition) is 1. The molecule has 1 aromatic rings. The van der Waals surface area contributed by atoms with Crippen molar-refractivity contribution in [2.75, 3.05) is 31.1 Å². The van der Waals surface area contributed by atoms with E-state index in [1.807, 2.05) is 13.8 Å². The van der Waals surface area contributed by atoms with E-state index in [0.29, 0.717) is 0 Å². The summed E-state index contributed by atoms with van der Waals surface area (Å²) in [6.07, 6.45) is 15.2. The fourth-order valence-corrected chi connectivity index (χ4v) is 3.14. The fourth-order valence-electron chi connectivity index (χ4n) is 3.14. The van der Waals surface area contributed by atoms with Gasteiger partial charge in [-0.05, 0) is 56.2 Å². The van der Waals surface area contributed by atoms with Crippen LogP contribution in [0.4, 0.5) is 5.69 Å². The maximum absolute atomic E-state index is 3.39. The molecule has 25 heavy (non-hydrogen) atoms. The van der Waals surface area contributed by atoms with Crippen LogP contribution in [0.2, 0.25) is 0 Å². The third-order valence-electron chi connectivity index (χ3n) is 4.65. The molecule has 0 aromatic heterocycles. The van der Waals surface area contributed by atoms with Crippen molar-refractivity contribution >= 4 is 5.69 Å². The average molecular weight is 345 g/mol. The molecule has 3 rings (SSSR count). The van der Waals surface area contributed by atoms with Gasteiger partial charge in [0.2, 0.25) is 0 Å². The molecule has 0 unspecified atom stereocenters. The third-order valence-corrected chi connectivity index (χ3v) is 4.65. The van der Waals surface area contributed by atoms with Crippen molar-refractivity contribution < 1.29 is 0 Å². The van der Waals surface area contributed by atoms with E-state index >= 15 is 0 Å². The Morgan fingerprint density at radius 1 is 0.880 bits per heavy atom.